The Kier molecular flexibility index (Phi) is 14.5. The second-order valence-electron chi connectivity index (χ2n) is 9.23. The first kappa shape index (κ1) is 27.3. The van der Waals surface area contributed by atoms with Crippen LogP contribution in [0.1, 0.15) is 116 Å². The molecule has 0 atom stereocenters. The normalized spacial score (nSPS) is 11.1. The second-order valence-corrected chi connectivity index (χ2v) is 9.23. The van der Waals surface area contributed by atoms with Crippen molar-refractivity contribution in [3.05, 3.63) is 42.1 Å². The maximum Gasteiger partial charge on any atom is 0.165 e. The van der Waals surface area contributed by atoms with Crippen molar-refractivity contribution in [2.75, 3.05) is 6.61 Å². The SMILES string of the molecule is CCCCCCCCCCCCc1cnc(-c2ccc(OCCCCCCC)c(F)c2)cn1. The van der Waals surface area contributed by atoms with Crippen LogP contribution >= 0.6 is 0 Å². The molecular weight excluding hydrogens is 411 g/mol. The summed E-state index contributed by atoms with van der Waals surface area (Å²) in [5.74, 6) is -0.0166. The lowest BCUT2D eigenvalue weighted by atomic mass is 10.1. The molecule has 0 amide bonds. The average Bonchev–Trinajstić information content (AvgIpc) is 2.83. The van der Waals surface area contributed by atoms with Gasteiger partial charge in [0.05, 0.1) is 24.2 Å². The Hall–Kier alpha value is -1.97. The maximum atomic E-state index is 14.4. The maximum absolute atomic E-state index is 14.4. The lowest BCUT2D eigenvalue weighted by Gasteiger charge is -2.09. The predicted octanol–water partition coefficient (Wildman–Crippen LogP) is 9.10. The van der Waals surface area contributed by atoms with Gasteiger partial charge in [0, 0.05) is 11.8 Å². The second kappa shape index (κ2) is 17.5. The van der Waals surface area contributed by atoms with E-state index < -0.39 is 0 Å². The molecule has 4 heteroatoms. The average molecular weight is 457 g/mol. The highest BCUT2D eigenvalue weighted by molar-refractivity contribution is 5.59. The number of nitrogens with zero attached hydrogens (tertiary/aromatic N) is 2. The van der Waals surface area contributed by atoms with Crippen molar-refractivity contribution in [1.29, 1.82) is 0 Å². The molecule has 1 aromatic heterocycles. The number of halogens is 1. The van der Waals surface area contributed by atoms with Crippen LogP contribution in [-0.4, -0.2) is 16.6 Å². The molecule has 1 aromatic carbocycles. The van der Waals surface area contributed by atoms with Crippen LogP contribution in [0.4, 0.5) is 4.39 Å². The van der Waals surface area contributed by atoms with E-state index in [-0.39, 0.29) is 5.82 Å². The van der Waals surface area contributed by atoms with Crippen LogP contribution in [0.3, 0.4) is 0 Å². The molecule has 184 valence electrons. The van der Waals surface area contributed by atoms with E-state index in [0.717, 1.165) is 36.9 Å². The van der Waals surface area contributed by atoms with Crippen LogP contribution in [0.25, 0.3) is 11.3 Å². The molecule has 0 N–H and O–H groups in total. The minimum atomic E-state index is -0.336. The summed E-state index contributed by atoms with van der Waals surface area (Å²) >= 11 is 0. The Morgan fingerprint density at radius 1 is 0.697 bits per heavy atom. The third-order valence-electron chi connectivity index (χ3n) is 6.22. The van der Waals surface area contributed by atoms with Crippen LogP contribution in [0.2, 0.25) is 0 Å². The van der Waals surface area contributed by atoms with Gasteiger partial charge < -0.3 is 4.74 Å². The van der Waals surface area contributed by atoms with Crippen molar-refractivity contribution in [2.45, 2.75) is 117 Å². The summed E-state index contributed by atoms with van der Waals surface area (Å²) in [7, 11) is 0. The Labute approximate surface area is 201 Å². The quantitative estimate of drug-likeness (QED) is 0.198. The van der Waals surface area contributed by atoms with Gasteiger partial charge in [0.15, 0.2) is 11.6 Å². The zero-order valence-electron chi connectivity index (χ0n) is 21.1. The van der Waals surface area contributed by atoms with E-state index in [1.807, 2.05) is 12.3 Å². The Balaban J connectivity index is 1.66. The van der Waals surface area contributed by atoms with Crippen LogP contribution < -0.4 is 4.74 Å². The molecule has 0 saturated carbocycles. The molecular formula is C29H45FN2O. The van der Waals surface area contributed by atoms with Gasteiger partial charge in [-0.05, 0) is 37.5 Å². The van der Waals surface area contributed by atoms with Gasteiger partial charge in [-0.15, -0.1) is 0 Å². The molecule has 33 heavy (non-hydrogen) atoms. The molecule has 0 saturated heterocycles. The standard InChI is InChI=1S/C29H45FN2O/c1-3-5-7-9-10-11-12-13-14-16-18-26-23-32-28(24-31-26)25-19-20-29(27(30)22-25)33-21-17-15-8-6-4-2/h19-20,22-24H,3-18,21H2,1-2H3. The molecule has 0 aliphatic carbocycles. The van der Waals surface area contributed by atoms with E-state index in [9.17, 15) is 4.39 Å². The number of hydrogen-bond donors (Lipinski definition) is 0. The fourth-order valence-electron chi connectivity index (χ4n) is 4.09. The number of benzene rings is 1. The Morgan fingerprint density at radius 2 is 1.30 bits per heavy atom. The Morgan fingerprint density at radius 3 is 1.88 bits per heavy atom. The van der Waals surface area contributed by atoms with Crippen molar-refractivity contribution < 1.29 is 9.13 Å². The van der Waals surface area contributed by atoms with Crippen molar-refractivity contribution in [1.82, 2.24) is 9.97 Å². The van der Waals surface area contributed by atoms with E-state index in [1.165, 1.54) is 83.1 Å². The van der Waals surface area contributed by atoms with Gasteiger partial charge in [-0.25, -0.2) is 4.39 Å². The topological polar surface area (TPSA) is 35.0 Å². The fourth-order valence-corrected chi connectivity index (χ4v) is 4.09. The number of rotatable bonds is 19. The van der Waals surface area contributed by atoms with E-state index in [1.54, 1.807) is 12.3 Å². The molecule has 1 heterocycles. The Bertz CT molecular complexity index is 748. The lowest BCUT2D eigenvalue weighted by Crippen LogP contribution is -2.00. The number of unbranched alkanes of at least 4 members (excludes halogenated alkanes) is 13. The monoisotopic (exact) mass is 456 g/mol. The predicted molar refractivity (Wildman–Crippen MR) is 137 cm³/mol. The molecule has 0 unspecified atom stereocenters. The number of aryl methyl sites for hydroxylation is 1. The molecule has 3 nitrogen and oxygen atoms in total. The summed E-state index contributed by atoms with van der Waals surface area (Å²) < 4.78 is 20.1. The summed E-state index contributed by atoms with van der Waals surface area (Å²) in [6.07, 6.45) is 23.7. The molecule has 0 bridgehead atoms. The van der Waals surface area contributed by atoms with Gasteiger partial charge >= 0.3 is 0 Å². The van der Waals surface area contributed by atoms with Gasteiger partial charge in [-0.2, -0.15) is 0 Å². The number of ether oxygens (including phenoxy) is 1. The molecule has 2 aromatic rings. The van der Waals surface area contributed by atoms with Crippen LogP contribution in [-0.2, 0) is 6.42 Å². The van der Waals surface area contributed by atoms with E-state index >= 15 is 0 Å². The third-order valence-corrected chi connectivity index (χ3v) is 6.22. The lowest BCUT2D eigenvalue weighted by molar-refractivity contribution is 0.290. The molecule has 0 spiro atoms. The van der Waals surface area contributed by atoms with Crippen LogP contribution in [0.15, 0.2) is 30.6 Å². The van der Waals surface area contributed by atoms with Gasteiger partial charge in [0.1, 0.15) is 0 Å². The smallest absolute Gasteiger partial charge is 0.165 e. The molecule has 0 aliphatic heterocycles. The first-order valence-electron chi connectivity index (χ1n) is 13.5. The number of aromatic nitrogens is 2. The highest BCUT2D eigenvalue weighted by Crippen LogP contribution is 2.24. The van der Waals surface area contributed by atoms with E-state index in [0.29, 0.717) is 18.1 Å². The highest BCUT2D eigenvalue weighted by Gasteiger charge is 2.08. The van der Waals surface area contributed by atoms with Gasteiger partial charge in [-0.1, -0.05) is 97.3 Å². The van der Waals surface area contributed by atoms with Crippen molar-refractivity contribution >= 4 is 0 Å². The summed E-state index contributed by atoms with van der Waals surface area (Å²) in [5.41, 5.74) is 2.45. The largest absolute Gasteiger partial charge is 0.491 e. The van der Waals surface area contributed by atoms with Crippen LogP contribution in [0, 0.1) is 5.82 Å². The van der Waals surface area contributed by atoms with Gasteiger partial charge in [0.2, 0.25) is 0 Å². The summed E-state index contributed by atoms with van der Waals surface area (Å²) in [6, 6.07) is 5.07. The first-order chi connectivity index (χ1) is 16.2. The fraction of sp³-hybridized carbons (Fsp3) is 0.655. The van der Waals surface area contributed by atoms with E-state index in [2.05, 4.69) is 23.8 Å². The summed E-state index contributed by atoms with van der Waals surface area (Å²) in [5, 5.41) is 0. The zero-order chi connectivity index (χ0) is 23.6. The molecule has 0 aliphatic rings. The highest BCUT2D eigenvalue weighted by atomic mass is 19.1. The van der Waals surface area contributed by atoms with E-state index in [4.69, 9.17) is 4.74 Å². The molecule has 0 radical (unpaired) electrons. The van der Waals surface area contributed by atoms with Crippen molar-refractivity contribution in [2.24, 2.45) is 0 Å². The first-order valence-corrected chi connectivity index (χ1v) is 13.5. The van der Waals surface area contributed by atoms with Gasteiger partial charge in [-0.3, -0.25) is 9.97 Å². The summed E-state index contributed by atoms with van der Waals surface area (Å²) in [6.45, 7) is 5.03. The van der Waals surface area contributed by atoms with Crippen molar-refractivity contribution in [3.63, 3.8) is 0 Å². The van der Waals surface area contributed by atoms with Gasteiger partial charge in [0.25, 0.3) is 0 Å². The zero-order valence-corrected chi connectivity index (χ0v) is 21.1. The minimum absolute atomic E-state index is 0.319. The van der Waals surface area contributed by atoms with Crippen LogP contribution in [0.5, 0.6) is 5.75 Å². The number of hydrogen-bond acceptors (Lipinski definition) is 3. The molecule has 2 rings (SSSR count). The summed E-state index contributed by atoms with van der Waals surface area (Å²) in [4.78, 5) is 9.07. The molecule has 0 fully saturated rings. The van der Waals surface area contributed by atoms with Crippen molar-refractivity contribution in [3.8, 4) is 17.0 Å². The minimum Gasteiger partial charge on any atom is -0.491 e. The third kappa shape index (κ3) is 11.6.